The summed E-state index contributed by atoms with van der Waals surface area (Å²) in [5.74, 6) is 0.176. The Hall–Kier alpha value is -1.31. The number of pyridine rings is 1. The van der Waals surface area contributed by atoms with E-state index >= 15 is 0 Å². The first kappa shape index (κ1) is 9.25. The van der Waals surface area contributed by atoms with Gasteiger partial charge in [0.2, 0.25) is 0 Å². The van der Waals surface area contributed by atoms with Crippen LogP contribution in [0.4, 0.5) is 24.7 Å². The maximum Gasteiger partial charge on any atom is 0.501 e. The fourth-order valence-corrected chi connectivity index (χ4v) is 1.88. The smallest absolute Gasteiger partial charge is 0.334 e. The Morgan fingerprint density at radius 3 is 2.57 bits per heavy atom. The highest BCUT2D eigenvalue weighted by Crippen LogP contribution is 2.45. The molecule has 0 amide bonds. The topological polar surface area (TPSA) is 69.0 Å². The summed E-state index contributed by atoms with van der Waals surface area (Å²) in [4.78, 5) is 2.82. The number of hydrogen-bond donors (Lipinski definition) is 1. The Kier molecular flexibility index (Phi) is 1.57. The van der Waals surface area contributed by atoms with E-state index in [-0.39, 0.29) is 11.5 Å². The van der Waals surface area contributed by atoms with Gasteiger partial charge >= 0.3 is 5.51 Å². The zero-order valence-electron chi connectivity index (χ0n) is 6.46. The number of halogens is 3. The van der Waals surface area contributed by atoms with Crippen LogP contribution in [0.1, 0.15) is 0 Å². The van der Waals surface area contributed by atoms with Gasteiger partial charge in [0.25, 0.3) is 9.84 Å². The fourth-order valence-electron chi connectivity index (χ4n) is 0.974. The molecule has 0 atom stereocenters. The molecular formula is C6H3F3N2O2S. The number of aromatic nitrogens is 1. The van der Waals surface area contributed by atoms with Crippen molar-refractivity contribution in [2.75, 3.05) is 5.32 Å². The Labute approximate surface area is 76.7 Å². The van der Waals surface area contributed by atoms with Crippen molar-refractivity contribution in [3.05, 3.63) is 12.3 Å². The predicted molar refractivity (Wildman–Crippen MR) is 40.8 cm³/mol. The molecule has 1 aliphatic heterocycles. The van der Waals surface area contributed by atoms with E-state index in [2.05, 4.69) is 10.3 Å². The SMILES string of the molecule is O=S(=O)(c1ccnc2c1N2)C(F)(F)F. The molecule has 2 rings (SSSR count). The summed E-state index contributed by atoms with van der Waals surface area (Å²) in [6.07, 6.45) is 1.01. The second-order valence-corrected chi connectivity index (χ2v) is 4.52. The summed E-state index contributed by atoms with van der Waals surface area (Å²) in [7, 11) is -5.26. The molecule has 0 bridgehead atoms. The van der Waals surface area contributed by atoms with Gasteiger partial charge in [0.05, 0.1) is 0 Å². The van der Waals surface area contributed by atoms with E-state index in [1.165, 1.54) is 0 Å². The number of sulfone groups is 1. The quantitative estimate of drug-likeness (QED) is 0.744. The number of nitrogens with zero attached hydrogens (tertiary/aromatic N) is 1. The second-order valence-electron chi connectivity index (χ2n) is 2.61. The minimum atomic E-state index is -5.27. The van der Waals surface area contributed by atoms with Crippen molar-refractivity contribution in [3.8, 4) is 0 Å². The van der Waals surface area contributed by atoms with Crippen molar-refractivity contribution in [2.24, 2.45) is 0 Å². The van der Waals surface area contributed by atoms with Crippen LogP contribution >= 0.6 is 0 Å². The van der Waals surface area contributed by atoms with Gasteiger partial charge in [-0.15, -0.1) is 0 Å². The van der Waals surface area contributed by atoms with Gasteiger partial charge in [0.1, 0.15) is 10.6 Å². The lowest BCUT2D eigenvalue weighted by molar-refractivity contribution is -0.0435. The molecule has 14 heavy (non-hydrogen) atoms. The minimum absolute atomic E-state index is 0.0650. The summed E-state index contributed by atoms with van der Waals surface area (Å²) in [6, 6.07) is 0.821. The van der Waals surface area contributed by atoms with Crippen LogP contribution < -0.4 is 5.32 Å². The van der Waals surface area contributed by atoms with Crippen LogP contribution in [0.5, 0.6) is 0 Å². The molecule has 0 radical (unpaired) electrons. The lowest BCUT2D eigenvalue weighted by Gasteiger charge is -2.06. The number of rotatable bonds is 1. The molecular weight excluding hydrogens is 221 g/mol. The molecule has 0 aromatic carbocycles. The molecule has 0 saturated heterocycles. The number of alkyl halides is 3. The summed E-state index contributed by atoms with van der Waals surface area (Å²) in [6.45, 7) is 0. The van der Waals surface area contributed by atoms with E-state index in [9.17, 15) is 21.6 Å². The first-order chi connectivity index (χ1) is 6.34. The van der Waals surface area contributed by atoms with Crippen molar-refractivity contribution in [3.63, 3.8) is 0 Å². The van der Waals surface area contributed by atoms with E-state index in [4.69, 9.17) is 0 Å². The molecule has 76 valence electrons. The van der Waals surface area contributed by atoms with Crippen molar-refractivity contribution in [1.29, 1.82) is 0 Å². The predicted octanol–water partition coefficient (Wildman–Crippen LogP) is 1.43. The van der Waals surface area contributed by atoms with Gasteiger partial charge in [-0.2, -0.15) is 13.2 Å². The molecule has 0 aliphatic carbocycles. The first-order valence-corrected chi connectivity index (χ1v) is 4.90. The van der Waals surface area contributed by atoms with Gasteiger partial charge in [-0.3, -0.25) is 0 Å². The molecule has 0 spiro atoms. The van der Waals surface area contributed by atoms with Crippen LogP contribution in [0, 0.1) is 0 Å². The molecule has 1 N–H and O–H groups in total. The molecule has 1 aromatic rings. The van der Waals surface area contributed by atoms with E-state index in [1.54, 1.807) is 0 Å². The number of nitrogens with one attached hydrogen (secondary N) is 1. The van der Waals surface area contributed by atoms with Gasteiger partial charge in [0.15, 0.2) is 5.82 Å². The van der Waals surface area contributed by atoms with Crippen LogP contribution in [0.3, 0.4) is 0 Å². The third-order valence-corrected chi connectivity index (χ3v) is 3.22. The van der Waals surface area contributed by atoms with Crippen LogP contribution in [0.25, 0.3) is 0 Å². The molecule has 1 aliphatic rings. The highest BCUT2D eigenvalue weighted by atomic mass is 32.2. The van der Waals surface area contributed by atoms with Crippen molar-refractivity contribution in [1.82, 2.24) is 4.98 Å². The zero-order chi connectivity index (χ0) is 10.6. The molecule has 0 unspecified atom stereocenters. The average Bonchev–Trinajstić information content (AvgIpc) is 2.78. The van der Waals surface area contributed by atoms with Crippen molar-refractivity contribution in [2.45, 2.75) is 10.4 Å². The number of anilines is 2. The maximum atomic E-state index is 12.1. The highest BCUT2D eigenvalue weighted by molar-refractivity contribution is 7.92. The highest BCUT2D eigenvalue weighted by Gasteiger charge is 2.49. The van der Waals surface area contributed by atoms with Gasteiger partial charge < -0.3 is 5.32 Å². The van der Waals surface area contributed by atoms with Gasteiger partial charge in [0, 0.05) is 6.20 Å². The maximum absolute atomic E-state index is 12.1. The lowest BCUT2D eigenvalue weighted by Crippen LogP contribution is -2.22. The Morgan fingerprint density at radius 1 is 1.36 bits per heavy atom. The van der Waals surface area contributed by atoms with E-state index in [1.807, 2.05) is 0 Å². The van der Waals surface area contributed by atoms with E-state index in [0.717, 1.165) is 12.3 Å². The average molecular weight is 224 g/mol. The van der Waals surface area contributed by atoms with Crippen LogP contribution in [0.15, 0.2) is 17.2 Å². The normalized spacial score (nSPS) is 14.5. The molecule has 0 fully saturated rings. The van der Waals surface area contributed by atoms with E-state index in [0.29, 0.717) is 0 Å². The Bertz CT molecular complexity index is 494. The summed E-state index contributed by atoms with van der Waals surface area (Å²) in [5.41, 5.74) is -5.34. The molecule has 2 heterocycles. The lowest BCUT2D eigenvalue weighted by atomic mass is 10.5. The zero-order valence-corrected chi connectivity index (χ0v) is 7.28. The molecule has 8 heteroatoms. The third kappa shape index (κ3) is 1.14. The Morgan fingerprint density at radius 2 is 2.00 bits per heavy atom. The number of hydrogen-bond acceptors (Lipinski definition) is 4. The summed E-state index contributed by atoms with van der Waals surface area (Å²) < 4.78 is 58.1. The molecule has 1 aromatic heterocycles. The summed E-state index contributed by atoms with van der Waals surface area (Å²) in [5, 5.41) is 2.35. The van der Waals surface area contributed by atoms with Gasteiger partial charge in [-0.25, -0.2) is 13.4 Å². The Balaban J connectivity index is 2.59. The first-order valence-electron chi connectivity index (χ1n) is 3.41. The monoisotopic (exact) mass is 224 g/mol. The summed E-state index contributed by atoms with van der Waals surface area (Å²) >= 11 is 0. The fraction of sp³-hybridized carbons (Fsp3) is 0.167. The third-order valence-electron chi connectivity index (χ3n) is 1.69. The van der Waals surface area contributed by atoms with Crippen LogP contribution in [0.2, 0.25) is 0 Å². The van der Waals surface area contributed by atoms with Crippen LogP contribution in [-0.2, 0) is 9.84 Å². The minimum Gasteiger partial charge on any atom is -0.334 e. The van der Waals surface area contributed by atoms with Crippen molar-refractivity contribution < 1.29 is 21.6 Å². The largest absolute Gasteiger partial charge is 0.501 e. The van der Waals surface area contributed by atoms with Crippen molar-refractivity contribution >= 4 is 21.3 Å². The van der Waals surface area contributed by atoms with Gasteiger partial charge in [-0.05, 0) is 6.07 Å². The molecule has 4 nitrogen and oxygen atoms in total. The standard InChI is InChI=1S/C6H3F3N2O2S/c7-6(8,9)14(12,13)3-1-2-10-5-4(3)11-5/h1-2H,(H,10,11). The number of fused-ring (bicyclic) bond motifs is 1. The second kappa shape index (κ2) is 2.38. The molecule has 0 saturated carbocycles. The van der Waals surface area contributed by atoms with Gasteiger partial charge in [-0.1, -0.05) is 0 Å². The van der Waals surface area contributed by atoms with E-state index < -0.39 is 20.2 Å². The van der Waals surface area contributed by atoms with Crippen LogP contribution in [-0.4, -0.2) is 18.9 Å².